The Bertz CT molecular complexity index is 292. The molecule has 0 aliphatic carbocycles. The van der Waals surface area contributed by atoms with E-state index < -0.39 is 7.82 Å². The van der Waals surface area contributed by atoms with E-state index in [1.807, 2.05) is 0 Å². The van der Waals surface area contributed by atoms with E-state index in [1.165, 1.54) is 0 Å². The molecule has 20 heavy (non-hydrogen) atoms. The lowest BCUT2D eigenvalue weighted by Crippen LogP contribution is -2.27. The van der Waals surface area contributed by atoms with Crippen molar-refractivity contribution in [1.29, 1.82) is 0 Å². The van der Waals surface area contributed by atoms with E-state index in [1.54, 1.807) is 0 Å². The van der Waals surface area contributed by atoms with Crippen molar-refractivity contribution in [3.05, 3.63) is 0 Å². The zero-order valence-corrected chi connectivity index (χ0v) is 12.6. The molecule has 0 aromatic heterocycles. The smallest absolute Gasteiger partial charge is 0.378 e. The molecule has 0 saturated carbocycles. The van der Waals surface area contributed by atoms with E-state index >= 15 is 0 Å². The largest absolute Gasteiger partial charge is 0.466 e. The number of ether oxygens (including phenoxy) is 4. The lowest BCUT2D eigenvalue weighted by atomic mass is 9.96. The fraction of sp³-hybridized carbons (Fsp3) is 1.00. The molecule has 9 heteroatoms. The Morgan fingerprint density at radius 1 is 1.05 bits per heavy atom. The topological polar surface area (TPSA) is 121 Å². The molecule has 2 saturated heterocycles. The zero-order valence-electron chi connectivity index (χ0n) is 11.7. The molecule has 0 amide bonds. The summed E-state index contributed by atoms with van der Waals surface area (Å²) in [5.41, 5.74) is 0.0732. The Morgan fingerprint density at radius 3 is 1.60 bits per heavy atom. The molecule has 3 N–H and O–H groups in total. The van der Waals surface area contributed by atoms with E-state index in [2.05, 4.69) is 13.8 Å². The van der Waals surface area contributed by atoms with E-state index in [0.29, 0.717) is 12.2 Å². The predicted octanol–water partition coefficient (Wildman–Crippen LogP) is -0.0852. The van der Waals surface area contributed by atoms with E-state index in [9.17, 15) is 0 Å². The van der Waals surface area contributed by atoms with E-state index in [4.69, 9.17) is 38.2 Å². The molecule has 8 nitrogen and oxygen atoms in total. The molecular weight excluding hydrogens is 291 g/mol. The molecule has 2 aliphatic heterocycles. The van der Waals surface area contributed by atoms with Gasteiger partial charge in [-0.25, -0.2) is 4.57 Å². The Balaban J connectivity index is 0.000000347. The highest BCUT2D eigenvalue weighted by atomic mass is 31.2. The van der Waals surface area contributed by atoms with Gasteiger partial charge in [-0.15, -0.1) is 0 Å². The molecule has 0 radical (unpaired) electrons. The van der Waals surface area contributed by atoms with Crippen LogP contribution in [0, 0.1) is 5.41 Å². The lowest BCUT2D eigenvalue weighted by molar-refractivity contribution is -0.0101. The summed E-state index contributed by atoms with van der Waals surface area (Å²) in [6.45, 7) is 8.88. The molecule has 2 fully saturated rings. The number of rotatable bonds is 8. The van der Waals surface area contributed by atoms with Crippen LogP contribution in [0.4, 0.5) is 0 Å². The molecular formula is C11H23O8P. The minimum atomic E-state index is -4.64. The van der Waals surface area contributed by atoms with Gasteiger partial charge in [-0.2, -0.15) is 0 Å². The number of hydrogen-bond donors (Lipinski definition) is 3. The van der Waals surface area contributed by atoms with Crippen LogP contribution in [-0.4, -0.2) is 66.5 Å². The predicted molar refractivity (Wildman–Crippen MR) is 69.2 cm³/mol. The van der Waals surface area contributed by atoms with Crippen molar-refractivity contribution >= 4 is 7.82 Å². The van der Waals surface area contributed by atoms with E-state index in [0.717, 1.165) is 39.6 Å². The Labute approximate surface area is 118 Å². The van der Waals surface area contributed by atoms with Gasteiger partial charge in [-0.1, -0.05) is 13.8 Å². The summed E-state index contributed by atoms with van der Waals surface area (Å²) in [7, 11) is -4.64. The zero-order chi connectivity index (χ0) is 15.2. The molecule has 0 bridgehead atoms. The fourth-order valence-electron chi connectivity index (χ4n) is 1.30. The number of phosphoric acid groups is 1. The number of epoxide rings is 2. The Morgan fingerprint density at radius 2 is 1.35 bits per heavy atom. The Kier molecular flexibility index (Phi) is 7.03. The van der Waals surface area contributed by atoms with Gasteiger partial charge in [-0.05, 0) is 0 Å². The van der Waals surface area contributed by atoms with Crippen LogP contribution in [0.15, 0.2) is 0 Å². The second-order valence-corrected chi connectivity index (χ2v) is 6.64. The molecule has 2 atom stereocenters. The third kappa shape index (κ3) is 13.0. The van der Waals surface area contributed by atoms with Crippen LogP contribution < -0.4 is 0 Å². The van der Waals surface area contributed by atoms with Crippen molar-refractivity contribution < 1.29 is 38.2 Å². The molecule has 0 aromatic carbocycles. The molecule has 0 spiro atoms. The molecule has 2 heterocycles. The average Bonchev–Trinajstić information content (AvgIpc) is 3.08. The van der Waals surface area contributed by atoms with Gasteiger partial charge in [0.1, 0.15) is 12.2 Å². The minimum Gasteiger partial charge on any atom is -0.378 e. The summed E-state index contributed by atoms with van der Waals surface area (Å²) in [6.07, 6.45) is 0.697. The van der Waals surface area contributed by atoms with Crippen LogP contribution in [0.25, 0.3) is 0 Å². The SMILES string of the molecule is CC(C)(COCC1CO1)COCC1CO1.O=P(O)(O)O. The van der Waals surface area contributed by atoms with Crippen molar-refractivity contribution in [1.82, 2.24) is 0 Å². The third-order valence-corrected chi connectivity index (χ3v) is 2.40. The van der Waals surface area contributed by atoms with Crippen molar-refractivity contribution in [2.75, 3.05) is 39.6 Å². The summed E-state index contributed by atoms with van der Waals surface area (Å²) >= 11 is 0. The van der Waals surface area contributed by atoms with Crippen molar-refractivity contribution in [2.24, 2.45) is 5.41 Å². The van der Waals surface area contributed by atoms with Crippen LogP contribution in [0.2, 0.25) is 0 Å². The first-order chi connectivity index (χ1) is 9.16. The van der Waals surface area contributed by atoms with Crippen molar-refractivity contribution in [2.45, 2.75) is 26.1 Å². The van der Waals surface area contributed by atoms with Gasteiger partial charge in [0.25, 0.3) is 0 Å². The van der Waals surface area contributed by atoms with Gasteiger partial charge in [0, 0.05) is 5.41 Å². The van der Waals surface area contributed by atoms with Gasteiger partial charge in [0.15, 0.2) is 0 Å². The maximum absolute atomic E-state index is 8.88. The Hall–Kier alpha value is -0.0500. The maximum Gasteiger partial charge on any atom is 0.466 e. The van der Waals surface area contributed by atoms with Crippen LogP contribution in [-0.2, 0) is 23.5 Å². The highest BCUT2D eigenvalue weighted by molar-refractivity contribution is 7.45. The molecule has 2 aliphatic rings. The van der Waals surface area contributed by atoms with Crippen LogP contribution in [0.5, 0.6) is 0 Å². The monoisotopic (exact) mass is 314 g/mol. The normalized spacial score (nSPS) is 24.9. The van der Waals surface area contributed by atoms with Crippen LogP contribution >= 0.6 is 7.82 Å². The first kappa shape index (κ1) is 18.0. The second kappa shape index (κ2) is 7.82. The lowest BCUT2D eigenvalue weighted by Gasteiger charge is -2.23. The van der Waals surface area contributed by atoms with Crippen LogP contribution in [0.1, 0.15) is 13.8 Å². The third-order valence-electron chi connectivity index (χ3n) is 2.40. The second-order valence-electron chi connectivity index (χ2n) is 5.62. The standard InChI is InChI=1S/C11H20O4.H3O4P/c1-11(2,7-12-3-9-5-14-9)8-13-4-10-6-15-10;1-5(2,3)4/h9-10H,3-8H2,1-2H3;(H3,1,2,3,4). The first-order valence-corrected chi connectivity index (χ1v) is 7.89. The van der Waals surface area contributed by atoms with E-state index in [-0.39, 0.29) is 5.41 Å². The number of hydrogen-bond acceptors (Lipinski definition) is 5. The molecule has 0 aromatic rings. The summed E-state index contributed by atoms with van der Waals surface area (Å²) in [6, 6.07) is 0. The van der Waals surface area contributed by atoms with Gasteiger partial charge in [0.2, 0.25) is 0 Å². The highest BCUT2D eigenvalue weighted by Crippen LogP contribution is 2.25. The summed E-state index contributed by atoms with van der Waals surface area (Å²) < 4.78 is 30.1. The van der Waals surface area contributed by atoms with Crippen molar-refractivity contribution in [3.63, 3.8) is 0 Å². The fourth-order valence-corrected chi connectivity index (χ4v) is 1.30. The maximum atomic E-state index is 8.88. The minimum absolute atomic E-state index is 0.0732. The molecule has 120 valence electrons. The average molecular weight is 314 g/mol. The summed E-state index contributed by atoms with van der Waals surface area (Å²) in [5.74, 6) is 0. The highest BCUT2D eigenvalue weighted by Gasteiger charge is 2.27. The quantitative estimate of drug-likeness (QED) is 0.420. The molecule has 2 rings (SSSR count). The van der Waals surface area contributed by atoms with Crippen molar-refractivity contribution in [3.8, 4) is 0 Å². The van der Waals surface area contributed by atoms with Gasteiger partial charge in [-0.3, -0.25) is 0 Å². The van der Waals surface area contributed by atoms with Gasteiger partial charge >= 0.3 is 7.82 Å². The first-order valence-electron chi connectivity index (χ1n) is 6.33. The van der Waals surface area contributed by atoms with Gasteiger partial charge < -0.3 is 33.6 Å². The van der Waals surface area contributed by atoms with Gasteiger partial charge in [0.05, 0.1) is 39.6 Å². The summed E-state index contributed by atoms with van der Waals surface area (Å²) in [5, 5.41) is 0. The van der Waals surface area contributed by atoms with Crippen LogP contribution in [0.3, 0.4) is 0 Å². The summed E-state index contributed by atoms with van der Waals surface area (Å²) in [4.78, 5) is 21.6. The molecule has 2 unspecified atom stereocenters.